The molecular weight excluding hydrogens is 426 g/mol. The van der Waals surface area contributed by atoms with E-state index in [4.69, 9.17) is 4.74 Å². The smallest absolute Gasteiger partial charge is 0.312 e. The minimum absolute atomic E-state index is 0.00892. The van der Waals surface area contributed by atoms with Gasteiger partial charge in [0.25, 0.3) is 0 Å². The molecule has 0 unspecified atom stereocenters. The van der Waals surface area contributed by atoms with Gasteiger partial charge in [0.1, 0.15) is 11.6 Å². The lowest BCUT2D eigenvalue weighted by Gasteiger charge is -2.15. The molecule has 2 aromatic carbocycles. The van der Waals surface area contributed by atoms with E-state index in [1.54, 1.807) is 0 Å². The third-order valence-corrected chi connectivity index (χ3v) is 7.61. The van der Waals surface area contributed by atoms with Gasteiger partial charge in [-0.2, -0.15) is 4.31 Å². The van der Waals surface area contributed by atoms with Gasteiger partial charge in [-0.05, 0) is 25.0 Å². The van der Waals surface area contributed by atoms with Crippen molar-refractivity contribution in [3.05, 3.63) is 69.7 Å². The van der Waals surface area contributed by atoms with E-state index in [2.05, 4.69) is 4.98 Å². The van der Waals surface area contributed by atoms with Crippen molar-refractivity contribution in [3.63, 3.8) is 0 Å². The van der Waals surface area contributed by atoms with Crippen molar-refractivity contribution < 1.29 is 18.1 Å². The van der Waals surface area contributed by atoms with Crippen LogP contribution >= 0.6 is 11.3 Å². The number of rotatable bonds is 7. The molecule has 0 amide bonds. The van der Waals surface area contributed by atoms with Crippen LogP contribution in [-0.4, -0.2) is 35.7 Å². The molecular formula is C20H19N3O5S2. The highest BCUT2D eigenvalue weighted by molar-refractivity contribution is 7.89. The summed E-state index contributed by atoms with van der Waals surface area (Å²) in [4.78, 5) is 15.3. The first kappa shape index (κ1) is 20.5. The third kappa shape index (κ3) is 4.20. The number of sulfonamides is 1. The van der Waals surface area contributed by atoms with Crippen LogP contribution in [0, 0.1) is 10.1 Å². The Labute approximate surface area is 178 Å². The predicted octanol–water partition coefficient (Wildman–Crippen LogP) is 4.08. The van der Waals surface area contributed by atoms with Crippen LogP contribution in [0.4, 0.5) is 5.69 Å². The van der Waals surface area contributed by atoms with E-state index in [1.807, 2.05) is 35.7 Å². The molecule has 1 saturated heterocycles. The molecule has 4 rings (SSSR count). The van der Waals surface area contributed by atoms with Crippen LogP contribution < -0.4 is 4.74 Å². The van der Waals surface area contributed by atoms with Crippen molar-refractivity contribution >= 4 is 27.0 Å². The van der Waals surface area contributed by atoms with Gasteiger partial charge in [-0.1, -0.05) is 30.3 Å². The van der Waals surface area contributed by atoms with Gasteiger partial charge in [-0.25, -0.2) is 13.4 Å². The average molecular weight is 446 g/mol. The Morgan fingerprint density at radius 2 is 1.87 bits per heavy atom. The van der Waals surface area contributed by atoms with Gasteiger partial charge in [0.2, 0.25) is 10.0 Å². The maximum absolute atomic E-state index is 12.7. The molecule has 1 aromatic heterocycles. The van der Waals surface area contributed by atoms with Crippen LogP contribution in [0.25, 0.3) is 10.6 Å². The van der Waals surface area contributed by atoms with Gasteiger partial charge < -0.3 is 4.74 Å². The summed E-state index contributed by atoms with van der Waals surface area (Å²) in [7, 11) is -3.74. The van der Waals surface area contributed by atoms with Crippen LogP contribution in [0.3, 0.4) is 0 Å². The SMILES string of the molecule is O=[N+]([O-])c1cc(S(=O)(=O)N2CCCC2)ccc1OCc1csc(-c2ccccc2)n1. The Balaban J connectivity index is 1.53. The minimum atomic E-state index is -3.74. The van der Waals surface area contributed by atoms with Crippen molar-refractivity contribution in [1.82, 2.24) is 9.29 Å². The lowest BCUT2D eigenvalue weighted by atomic mass is 10.2. The molecule has 1 aliphatic heterocycles. The number of benzene rings is 2. The van der Waals surface area contributed by atoms with Gasteiger partial charge in [-0.15, -0.1) is 11.3 Å². The van der Waals surface area contributed by atoms with Crippen LogP contribution in [0.15, 0.2) is 58.8 Å². The van der Waals surface area contributed by atoms with E-state index >= 15 is 0 Å². The Hall–Kier alpha value is -2.82. The molecule has 0 spiro atoms. The number of hydrogen-bond donors (Lipinski definition) is 0. The molecule has 0 N–H and O–H groups in total. The first-order valence-electron chi connectivity index (χ1n) is 9.36. The zero-order chi connectivity index (χ0) is 21.1. The molecule has 0 saturated carbocycles. The third-order valence-electron chi connectivity index (χ3n) is 4.78. The highest BCUT2D eigenvalue weighted by Gasteiger charge is 2.29. The summed E-state index contributed by atoms with van der Waals surface area (Å²) in [6.45, 7) is 0.909. The van der Waals surface area contributed by atoms with Crippen LogP contribution in [0.5, 0.6) is 5.75 Å². The minimum Gasteiger partial charge on any atom is -0.480 e. The summed E-state index contributed by atoms with van der Waals surface area (Å²) in [6.07, 6.45) is 1.59. The van der Waals surface area contributed by atoms with E-state index in [0.717, 1.165) is 29.5 Å². The quantitative estimate of drug-likeness (QED) is 0.401. The van der Waals surface area contributed by atoms with E-state index in [9.17, 15) is 18.5 Å². The maximum Gasteiger partial charge on any atom is 0.312 e. The Morgan fingerprint density at radius 3 is 2.57 bits per heavy atom. The fourth-order valence-corrected chi connectivity index (χ4v) is 5.59. The number of nitro groups is 1. The molecule has 156 valence electrons. The molecule has 0 atom stereocenters. The molecule has 30 heavy (non-hydrogen) atoms. The van der Waals surface area contributed by atoms with Crippen molar-refractivity contribution in [2.75, 3.05) is 13.1 Å². The normalized spacial score (nSPS) is 14.7. The number of aromatic nitrogens is 1. The van der Waals surface area contributed by atoms with E-state index in [0.29, 0.717) is 18.8 Å². The first-order chi connectivity index (χ1) is 14.4. The lowest BCUT2D eigenvalue weighted by molar-refractivity contribution is -0.386. The molecule has 3 aromatic rings. The number of ether oxygens (including phenoxy) is 1. The summed E-state index contributed by atoms with van der Waals surface area (Å²) in [6, 6.07) is 13.4. The van der Waals surface area contributed by atoms with Crippen molar-refractivity contribution in [2.45, 2.75) is 24.3 Å². The Kier molecular flexibility index (Phi) is 5.80. The first-order valence-corrected chi connectivity index (χ1v) is 11.7. The predicted molar refractivity (Wildman–Crippen MR) is 113 cm³/mol. The fraction of sp³-hybridized carbons (Fsp3) is 0.250. The topological polar surface area (TPSA) is 103 Å². The highest BCUT2D eigenvalue weighted by atomic mass is 32.2. The number of nitrogens with zero attached hydrogens (tertiary/aromatic N) is 3. The molecule has 1 aliphatic rings. The molecule has 0 bridgehead atoms. The van der Waals surface area contributed by atoms with Gasteiger partial charge in [0.15, 0.2) is 5.75 Å². The molecule has 1 fully saturated rings. The van der Waals surface area contributed by atoms with Crippen LogP contribution in [0.1, 0.15) is 18.5 Å². The second-order valence-corrected chi connectivity index (χ2v) is 9.59. The number of thiazole rings is 1. The van der Waals surface area contributed by atoms with Gasteiger partial charge in [0.05, 0.1) is 15.5 Å². The Morgan fingerprint density at radius 1 is 1.13 bits per heavy atom. The van der Waals surface area contributed by atoms with Crippen LogP contribution in [0.2, 0.25) is 0 Å². The Bertz CT molecular complexity index is 1160. The summed E-state index contributed by atoms with van der Waals surface area (Å²) >= 11 is 1.46. The molecule has 10 heteroatoms. The summed E-state index contributed by atoms with van der Waals surface area (Å²) in [5.41, 5.74) is 1.24. The molecule has 2 heterocycles. The van der Waals surface area contributed by atoms with E-state index in [-0.39, 0.29) is 22.9 Å². The van der Waals surface area contributed by atoms with Gasteiger partial charge >= 0.3 is 5.69 Å². The fourth-order valence-electron chi connectivity index (χ4n) is 3.24. The summed E-state index contributed by atoms with van der Waals surface area (Å²) < 4.78 is 32.4. The zero-order valence-corrected chi connectivity index (χ0v) is 17.6. The summed E-state index contributed by atoms with van der Waals surface area (Å²) in [5, 5.41) is 14.2. The molecule has 8 nitrogen and oxygen atoms in total. The monoisotopic (exact) mass is 445 g/mol. The van der Waals surface area contributed by atoms with Crippen LogP contribution in [-0.2, 0) is 16.6 Å². The number of nitro benzene ring substituents is 1. The van der Waals surface area contributed by atoms with Gasteiger partial charge in [-0.3, -0.25) is 10.1 Å². The second kappa shape index (κ2) is 8.50. The zero-order valence-electron chi connectivity index (χ0n) is 15.9. The second-order valence-electron chi connectivity index (χ2n) is 6.80. The van der Waals surface area contributed by atoms with E-state index < -0.39 is 14.9 Å². The van der Waals surface area contributed by atoms with Crippen molar-refractivity contribution in [3.8, 4) is 16.3 Å². The summed E-state index contributed by atoms with van der Waals surface area (Å²) in [5.74, 6) is 0.00892. The van der Waals surface area contributed by atoms with Gasteiger partial charge in [0, 0.05) is 30.1 Å². The molecule has 0 radical (unpaired) electrons. The average Bonchev–Trinajstić information content (AvgIpc) is 3.45. The lowest BCUT2D eigenvalue weighted by Crippen LogP contribution is -2.27. The highest BCUT2D eigenvalue weighted by Crippen LogP contribution is 2.32. The van der Waals surface area contributed by atoms with Crippen molar-refractivity contribution in [2.24, 2.45) is 0 Å². The largest absolute Gasteiger partial charge is 0.480 e. The van der Waals surface area contributed by atoms with E-state index in [1.165, 1.54) is 27.8 Å². The standard InChI is InChI=1S/C20H19N3O5S2/c24-23(25)18-12-17(30(26,27)22-10-4-5-11-22)8-9-19(18)28-13-16-14-29-20(21-16)15-6-2-1-3-7-15/h1-3,6-9,12,14H,4-5,10-11,13H2. The number of hydrogen-bond acceptors (Lipinski definition) is 7. The molecule has 0 aliphatic carbocycles. The van der Waals surface area contributed by atoms with Crippen molar-refractivity contribution in [1.29, 1.82) is 0 Å². The maximum atomic E-state index is 12.7.